The quantitative estimate of drug-likeness (QED) is 0.793. The lowest BCUT2D eigenvalue weighted by atomic mass is 10.1. The molecule has 1 amide bonds. The topological polar surface area (TPSA) is 29.1 Å². The SMILES string of the molecule is O=C1Nc2ccccc2C1=Cc1cscc1Br. The highest BCUT2D eigenvalue weighted by Gasteiger charge is 2.23. The third kappa shape index (κ3) is 1.83. The van der Waals surface area contributed by atoms with Crippen LogP contribution in [0.5, 0.6) is 0 Å². The van der Waals surface area contributed by atoms with Gasteiger partial charge in [-0.2, -0.15) is 11.3 Å². The van der Waals surface area contributed by atoms with Crippen molar-refractivity contribution in [3.05, 3.63) is 50.6 Å². The Kier molecular flexibility index (Phi) is 2.61. The van der Waals surface area contributed by atoms with Gasteiger partial charge in [-0.25, -0.2) is 0 Å². The molecule has 0 saturated carbocycles. The fraction of sp³-hybridized carbons (Fsp3) is 0. The predicted molar refractivity (Wildman–Crippen MR) is 75.0 cm³/mol. The lowest BCUT2D eigenvalue weighted by Gasteiger charge is -1.96. The molecule has 0 saturated heterocycles. The van der Waals surface area contributed by atoms with Crippen LogP contribution in [0.3, 0.4) is 0 Å². The van der Waals surface area contributed by atoms with E-state index in [2.05, 4.69) is 21.2 Å². The van der Waals surface area contributed by atoms with Gasteiger partial charge in [-0.05, 0) is 33.5 Å². The fourth-order valence-corrected chi connectivity index (χ4v) is 3.20. The first-order valence-corrected chi connectivity index (χ1v) is 6.83. The van der Waals surface area contributed by atoms with Gasteiger partial charge in [-0.3, -0.25) is 4.79 Å². The molecular formula is C13H8BrNOS. The summed E-state index contributed by atoms with van der Waals surface area (Å²) in [6.07, 6.45) is 1.92. The molecule has 0 unspecified atom stereocenters. The Labute approximate surface area is 111 Å². The van der Waals surface area contributed by atoms with E-state index in [1.54, 1.807) is 11.3 Å². The third-order valence-electron chi connectivity index (χ3n) is 2.65. The number of para-hydroxylation sites is 1. The normalized spacial score (nSPS) is 16.1. The van der Waals surface area contributed by atoms with Gasteiger partial charge < -0.3 is 5.32 Å². The molecule has 0 aliphatic carbocycles. The Morgan fingerprint density at radius 2 is 2.06 bits per heavy atom. The molecule has 0 spiro atoms. The maximum absolute atomic E-state index is 11.9. The molecule has 1 aromatic heterocycles. The van der Waals surface area contributed by atoms with E-state index in [-0.39, 0.29) is 5.91 Å². The summed E-state index contributed by atoms with van der Waals surface area (Å²) in [6, 6.07) is 7.73. The summed E-state index contributed by atoms with van der Waals surface area (Å²) in [7, 11) is 0. The highest BCUT2D eigenvalue weighted by molar-refractivity contribution is 9.10. The van der Waals surface area contributed by atoms with Gasteiger partial charge in [0, 0.05) is 32.2 Å². The average molecular weight is 306 g/mol. The maximum Gasteiger partial charge on any atom is 0.256 e. The fourth-order valence-electron chi connectivity index (χ4n) is 1.83. The molecule has 1 N–H and O–H groups in total. The standard InChI is InChI=1S/C13H8BrNOS/c14-11-7-17-6-8(11)5-10-9-3-1-2-4-12(9)15-13(10)16/h1-7H,(H,15,16). The van der Waals surface area contributed by atoms with Crippen LogP contribution in [-0.2, 0) is 4.79 Å². The summed E-state index contributed by atoms with van der Waals surface area (Å²) in [5.41, 5.74) is 3.61. The maximum atomic E-state index is 11.9. The monoisotopic (exact) mass is 305 g/mol. The minimum absolute atomic E-state index is 0.0377. The number of hydrogen-bond donors (Lipinski definition) is 1. The molecule has 0 atom stereocenters. The molecule has 84 valence electrons. The van der Waals surface area contributed by atoms with Gasteiger partial charge in [-0.1, -0.05) is 18.2 Å². The summed E-state index contributed by atoms with van der Waals surface area (Å²) in [4.78, 5) is 11.9. The van der Waals surface area contributed by atoms with Crippen molar-refractivity contribution in [2.45, 2.75) is 0 Å². The number of anilines is 1. The summed E-state index contributed by atoms with van der Waals surface area (Å²) in [5, 5.41) is 6.88. The second-order valence-electron chi connectivity index (χ2n) is 3.73. The average Bonchev–Trinajstić information content (AvgIpc) is 2.85. The van der Waals surface area contributed by atoms with Crippen LogP contribution in [0.1, 0.15) is 11.1 Å². The van der Waals surface area contributed by atoms with Crippen LogP contribution in [0.15, 0.2) is 39.5 Å². The van der Waals surface area contributed by atoms with E-state index in [4.69, 9.17) is 0 Å². The molecular weight excluding hydrogens is 298 g/mol. The van der Waals surface area contributed by atoms with Gasteiger partial charge in [0.1, 0.15) is 0 Å². The molecule has 4 heteroatoms. The van der Waals surface area contributed by atoms with Gasteiger partial charge >= 0.3 is 0 Å². The number of thiophene rings is 1. The van der Waals surface area contributed by atoms with E-state index >= 15 is 0 Å². The Hall–Kier alpha value is -1.39. The number of fused-ring (bicyclic) bond motifs is 1. The van der Waals surface area contributed by atoms with Gasteiger partial charge in [0.2, 0.25) is 0 Å². The van der Waals surface area contributed by atoms with Crippen LogP contribution in [0.25, 0.3) is 11.6 Å². The number of nitrogens with one attached hydrogen (secondary N) is 1. The summed E-state index contributed by atoms with van der Waals surface area (Å²) in [6.45, 7) is 0. The van der Waals surface area contributed by atoms with E-state index in [1.807, 2.05) is 41.1 Å². The molecule has 1 aromatic carbocycles. The predicted octanol–water partition coefficient (Wildman–Crippen LogP) is 4.00. The third-order valence-corrected chi connectivity index (χ3v) is 4.40. The second kappa shape index (κ2) is 4.13. The van der Waals surface area contributed by atoms with Gasteiger partial charge in [-0.15, -0.1) is 0 Å². The van der Waals surface area contributed by atoms with Crippen LogP contribution in [0.4, 0.5) is 5.69 Å². The van der Waals surface area contributed by atoms with Crippen molar-refractivity contribution in [2.75, 3.05) is 5.32 Å². The number of benzene rings is 1. The number of rotatable bonds is 1. The number of carbonyl (C=O) groups excluding carboxylic acids is 1. The van der Waals surface area contributed by atoms with Gasteiger partial charge in [0.25, 0.3) is 5.91 Å². The molecule has 1 aliphatic heterocycles. The number of halogens is 1. The largest absolute Gasteiger partial charge is 0.321 e. The van der Waals surface area contributed by atoms with E-state index in [9.17, 15) is 4.79 Å². The molecule has 17 heavy (non-hydrogen) atoms. The van der Waals surface area contributed by atoms with Crippen LogP contribution in [0, 0.1) is 0 Å². The van der Waals surface area contributed by atoms with Crippen LogP contribution in [0.2, 0.25) is 0 Å². The lowest BCUT2D eigenvalue weighted by Crippen LogP contribution is -2.03. The molecule has 1 aliphatic rings. The molecule has 0 bridgehead atoms. The number of amides is 1. The van der Waals surface area contributed by atoms with E-state index in [0.29, 0.717) is 0 Å². The van der Waals surface area contributed by atoms with E-state index in [0.717, 1.165) is 26.9 Å². The second-order valence-corrected chi connectivity index (χ2v) is 5.33. The highest BCUT2D eigenvalue weighted by Crippen LogP contribution is 2.34. The van der Waals surface area contributed by atoms with E-state index < -0.39 is 0 Å². The van der Waals surface area contributed by atoms with Crippen molar-refractivity contribution >= 4 is 50.5 Å². The number of hydrogen-bond acceptors (Lipinski definition) is 2. The smallest absolute Gasteiger partial charge is 0.256 e. The van der Waals surface area contributed by atoms with Crippen molar-refractivity contribution in [3.8, 4) is 0 Å². The van der Waals surface area contributed by atoms with Crippen LogP contribution < -0.4 is 5.32 Å². The molecule has 0 radical (unpaired) electrons. The highest BCUT2D eigenvalue weighted by atomic mass is 79.9. The first kappa shape index (κ1) is 10.7. The van der Waals surface area contributed by atoms with Crippen LogP contribution >= 0.6 is 27.3 Å². The minimum Gasteiger partial charge on any atom is -0.321 e. The van der Waals surface area contributed by atoms with Crippen molar-refractivity contribution in [1.29, 1.82) is 0 Å². The first-order chi connectivity index (χ1) is 8.25. The zero-order valence-corrected chi connectivity index (χ0v) is 11.1. The molecule has 2 aromatic rings. The van der Waals surface area contributed by atoms with Crippen molar-refractivity contribution in [3.63, 3.8) is 0 Å². The number of carbonyl (C=O) groups is 1. The minimum atomic E-state index is -0.0377. The summed E-state index contributed by atoms with van der Waals surface area (Å²) >= 11 is 5.08. The molecule has 2 nitrogen and oxygen atoms in total. The zero-order valence-electron chi connectivity index (χ0n) is 8.74. The van der Waals surface area contributed by atoms with Gasteiger partial charge in [0.05, 0.1) is 0 Å². The van der Waals surface area contributed by atoms with Crippen molar-refractivity contribution < 1.29 is 4.79 Å². The first-order valence-electron chi connectivity index (χ1n) is 5.10. The summed E-state index contributed by atoms with van der Waals surface area (Å²) in [5.74, 6) is -0.0377. The lowest BCUT2D eigenvalue weighted by molar-refractivity contribution is -0.110. The van der Waals surface area contributed by atoms with E-state index in [1.165, 1.54) is 0 Å². The zero-order chi connectivity index (χ0) is 11.8. The van der Waals surface area contributed by atoms with Crippen LogP contribution in [-0.4, -0.2) is 5.91 Å². The molecule has 0 fully saturated rings. The van der Waals surface area contributed by atoms with Crippen molar-refractivity contribution in [2.24, 2.45) is 0 Å². The Bertz CT molecular complexity index is 630. The van der Waals surface area contributed by atoms with Gasteiger partial charge in [0.15, 0.2) is 0 Å². The Balaban J connectivity index is 2.13. The summed E-state index contributed by atoms with van der Waals surface area (Å²) < 4.78 is 1.02. The molecule has 2 heterocycles. The Morgan fingerprint density at radius 3 is 2.82 bits per heavy atom. The van der Waals surface area contributed by atoms with Crippen molar-refractivity contribution in [1.82, 2.24) is 0 Å². The molecule has 3 rings (SSSR count). The Morgan fingerprint density at radius 1 is 1.24 bits per heavy atom.